The van der Waals surface area contributed by atoms with E-state index in [2.05, 4.69) is 0 Å². The van der Waals surface area contributed by atoms with Crippen molar-refractivity contribution in [3.05, 3.63) is 30.3 Å². The van der Waals surface area contributed by atoms with Crippen LogP contribution < -0.4 is 4.90 Å². The zero-order chi connectivity index (χ0) is 11.4. The first kappa shape index (κ1) is 12.1. The van der Waals surface area contributed by atoms with Gasteiger partial charge in [0.15, 0.2) is 0 Å². The van der Waals surface area contributed by atoms with E-state index in [9.17, 15) is 4.79 Å². The molecule has 0 aliphatic carbocycles. The Morgan fingerprint density at radius 1 is 1.20 bits per heavy atom. The summed E-state index contributed by atoms with van der Waals surface area (Å²) in [4.78, 5) is 13.6. The Labute approximate surface area is 95.8 Å². The standard InChI is InChI=1S/C12H16ClNO/c1-9(2)14(12(15)10(3)13)11-7-5-4-6-8-11/h4-10H,1-3H3. The minimum absolute atomic E-state index is 0.0575. The van der Waals surface area contributed by atoms with Crippen LogP contribution in [0.5, 0.6) is 0 Å². The molecule has 1 rings (SSSR count). The quantitative estimate of drug-likeness (QED) is 0.724. The van der Waals surface area contributed by atoms with Gasteiger partial charge in [-0.15, -0.1) is 11.6 Å². The molecule has 0 bridgehead atoms. The molecule has 0 aliphatic rings. The molecule has 15 heavy (non-hydrogen) atoms. The maximum absolute atomic E-state index is 11.9. The van der Waals surface area contributed by atoms with Gasteiger partial charge in [-0.1, -0.05) is 18.2 Å². The van der Waals surface area contributed by atoms with Crippen molar-refractivity contribution in [2.45, 2.75) is 32.2 Å². The number of carbonyl (C=O) groups is 1. The highest BCUT2D eigenvalue weighted by Crippen LogP contribution is 2.18. The van der Waals surface area contributed by atoms with Gasteiger partial charge in [0.2, 0.25) is 5.91 Å². The van der Waals surface area contributed by atoms with Crippen LogP contribution in [-0.2, 0) is 4.79 Å². The van der Waals surface area contributed by atoms with Gasteiger partial charge in [0, 0.05) is 11.7 Å². The lowest BCUT2D eigenvalue weighted by Gasteiger charge is -2.27. The summed E-state index contributed by atoms with van der Waals surface area (Å²) >= 11 is 5.83. The Balaban J connectivity index is 2.99. The molecule has 0 saturated heterocycles. The van der Waals surface area contributed by atoms with Crippen molar-refractivity contribution in [1.29, 1.82) is 0 Å². The maximum atomic E-state index is 11.9. The fourth-order valence-corrected chi connectivity index (χ4v) is 1.57. The lowest BCUT2D eigenvalue weighted by Crippen LogP contribution is -2.40. The summed E-state index contributed by atoms with van der Waals surface area (Å²) in [5.41, 5.74) is 0.894. The summed E-state index contributed by atoms with van der Waals surface area (Å²) in [6.45, 7) is 5.65. The Kier molecular flexibility index (Phi) is 4.15. The van der Waals surface area contributed by atoms with Gasteiger partial charge in [-0.25, -0.2) is 0 Å². The Morgan fingerprint density at radius 3 is 2.13 bits per heavy atom. The summed E-state index contributed by atoms with van der Waals surface area (Å²) in [5, 5.41) is -0.493. The summed E-state index contributed by atoms with van der Waals surface area (Å²) in [5.74, 6) is -0.0575. The molecule has 0 fully saturated rings. The van der Waals surface area contributed by atoms with Crippen molar-refractivity contribution in [1.82, 2.24) is 0 Å². The normalized spacial score (nSPS) is 12.6. The Bertz CT molecular complexity index is 322. The van der Waals surface area contributed by atoms with Crippen molar-refractivity contribution in [3.8, 4) is 0 Å². The first-order valence-corrected chi connectivity index (χ1v) is 5.50. The molecule has 0 saturated carbocycles. The number of rotatable bonds is 3. The number of anilines is 1. The van der Waals surface area contributed by atoms with Crippen molar-refractivity contribution < 1.29 is 4.79 Å². The lowest BCUT2D eigenvalue weighted by molar-refractivity contribution is -0.118. The first-order valence-electron chi connectivity index (χ1n) is 5.06. The van der Waals surface area contributed by atoms with Gasteiger partial charge in [-0.2, -0.15) is 0 Å². The smallest absolute Gasteiger partial charge is 0.244 e. The van der Waals surface area contributed by atoms with Crippen molar-refractivity contribution in [3.63, 3.8) is 0 Å². The SMILES string of the molecule is CC(Cl)C(=O)N(c1ccccc1)C(C)C. The molecule has 0 radical (unpaired) electrons. The monoisotopic (exact) mass is 225 g/mol. The van der Waals surface area contributed by atoms with Gasteiger partial charge in [-0.05, 0) is 32.9 Å². The molecule has 0 heterocycles. The molecule has 0 N–H and O–H groups in total. The van der Waals surface area contributed by atoms with Crippen LogP contribution in [0, 0.1) is 0 Å². The van der Waals surface area contributed by atoms with Gasteiger partial charge in [0.05, 0.1) is 0 Å². The second-order valence-corrected chi connectivity index (χ2v) is 4.41. The molecule has 1 atom stereocenters. The second kappa shape index (κ2) is 5.17. The number of alkyl halides is 1. The van der Waals surface area contributed by atoms with Gasteiger partial charge in [-0.3, -0.25) is 4.79 Å². The van der Waals surface area contributed by atoms with Crippen molar-refractivity contribution in [2.24, 2.45) is 0 Å². The number of hydrogen-bond donors (Lipinski definition) is 0. The topological polar surface area (TPSA) is 20.3 Å². The van der Waals surface area contributed by atoms with E-state index < -0.39 is 5.38 Å². The van der Waals surface area contributed by atoms with Crippen LogP contribution in [0.2, 0.25) is 0 Å². The third-order valence-electron chi connectivity index (χ3n) is 2.13. The van der Waals surface area contributed by atoms with Gasteiger partial charge in [0.1, 0.15) is 5.38 Å². The van der Waals surface area contributed by atoms with Gasteiger partial charge in [0.25, 0.3) is 0 Å². The van der Waals surface area contributed by atoms with E-state index in [1.807, 2.05) is 44.2 Å². The molecule has 1 unspecified atom stereocenters. The van der Waals surface area contributed by atoms with Crippen molar-refractivity contribution in [2.75, 3.05) is 4.90 Å². The molecule has 1 amide bonds. The highest BCUT2D eigenvalue weighted by Gasteiger charge is 2.22. The van der Waals surface area contributed by atoms with E-state index >= 15 is 0 Å². The number of halogens is 1. The van der Waals surface area contributed by atoms with Crippen LogP contribution in [0.15, 0.2) is 30.3 Å². The van der Waals surface area contributed by atoms with E-state index in [4.69, 9.17) is 11.6 Å². The average Bonchev–Trinajstić information content (AvgIpc) is 2.18. The van der Waals surface area contributed by atoms with E-state index in [0.29, 0.717) is 0 Å². The van der Waals surface area contributed by atoms with Crippen LogP contribution in [0.4, 0.5) is 5.69 Å². The Hall–Kier alpha value is -1.02. The van der Waals surface area contributed by atoms with Gasteiger partial charge >= 0.3 is 0 Å². The largest absolute Gasteiger partial charge is 0.309 e. The fourth-order valence-electron chi connectivity index (χ4n) is 1.46. The number of nitrogens with zero attached hydrogens (tertiary/aromatic N) is 1. The van der Waals surface area contributed by atoms with Crippen LogP contribution >= 0.6 is 11.6 Å². The zero-order valence-electron chi connectivity index (χ0n) is 9.27. The number of para-hydroxylation sites is 1. The molecule has 1 aromatic carbocycles. The Morgan fingerprint density at radius 2 is 1.73 bits per heavy atom. The van der Waals surface area contributed by atoms with Crippen LogP contribution in [0.25, 0.3) is 0 Å². The first-order chi connectivity index (χ1) is 7.04. The van der Waals surface area contributed by atoms with Crippen LogP contribution in [0.1, 0.15) is 20.8 Å². The molecule has 0 spiro atoms. The molecule has 0 aliphatic heterocycles. The van der Waals surface area contributed by atoms with E-state index in [1.165, 1.54) is 0 Å². The number of amides is 1. The molecular weight excluding hydrogens is 210 g/mol. The molecular formula is C12H16ClNO. The summed E-state index contributed by atoms with van der Waals surface area (Å²) in [7, 11) is 0. The summed E-state index contributed by atoms with van der Waals surface area (Å²) < 4.78 is 0. The van der Waals surface area contributed by atoms with E-state index in [1.54, 1.807) is 11.8 Å². The third-order valence-corrected chi connectivity index (χ3v) is 2.32. The highest BCUT2D eigenvalue weighted by atomic mass is 35.5. The average molecular weight is 226 g/mol. The minimum Gasteiger partial charge on any atom is -0.309 e. The number of carbonyl (C=O) groups excluding carboxylic acids is 1. The van der Waals surface area contributed by atoms with Crippen molar-refractivity contribution >= 4 is 23.2 Å². The molecule has 1 aromatic rings. The number of hydrogen-bond acceptors (Lipinski definition) is 1. The predicted octanol–water partition coefficient (Wildman–Crippen LogP) is 3.06. The number of benzene rings is 1. The second-order valence-electron chi connectivity index (χ2n) is 3.75. The molecule has 2 nitrogen and oxygen atoms in total. The maximum Gasteiger partial charge on any atom is 0.244 e. The van der Waals surface area contributed by atoms with Crippen LogP contribution in [-0.4, -0.2) is 17.3 Å². The zero-order valence-corrected chi connectivity index (χ0v) is 10.0. The summed E-state index contributed by atoms with van der Waals surface area (Å²) in [6.07, 6.45) is 0. The predicted molar refractivity (Wildman–Crippen MR) is 64.4 cm³/mol. The van der Waals surface area contributed by atoms with E-state index in [-0.39, 0.29) is 11.9 Å². The molecule has 3 heteroatoms. The summed E-state index contributed by atoms with van der Waals surface area (Å²) in [6, 6.07) is 9.69. The third kappa shape index (κ3) is 2.96. The lowest BCUT2D eigenvalue weighted by atomic mass is 10.2. The molecule has 0 aromatic heterocycles. The minimum atomic E-state index is -0.493. The molecule has 82 valence electrons. The van der Waals surface area contributed by atoms with Gasteiger partial charge < -0.3 is 4.90 Å². The van der Waals surface area contributed by atoms with E-state index in [0.717, 1.165) is 5.69 Å². The fraction of sp³-hybridized carbons (Fsp3) is 0.417. The highest BCUT2D eigenvalue weighted by molar-refractivity contribution is 6.32. The van der Waals surface area contributed by atoms with Crippen LogP contribution in [0.3, 0.4) is 0 Å².